The van der Waals surface area contributed by atoms with Gasteiger partial charge in [0, 0.05) is 6.04 Å². The van der Waals surface area contributed by atoms with Crippen molar-refractivity contribution in [2.75, 3.05) is 20.2 Å². The topological polar surface area (TPSA) is 32.7 Å². The fourth-order valence-electron chi connectivity index (χ4n) is 3.49. The van der Waals surface area contributed by atoms with Gasteiger partial charge in [0.1, 0.15) is 11.5 Å². The number of phenolic OH excluding ortho intramolecular Hbond substituents is 1. The molecular weight excluding hydrogens is 298 g/mol. The van der Waals surface area contributed by atoms with Gasteiger partial charge >= 0.3 is 0 Å². The van der Waals surface area contributed by atoms with E-state index in [0.717, 1.165) is 37.2 Å². The van der Waals surface area contributed by atoms with Crippen molar-refractivity contribution in [1.29, 1.82) is 0 Å². The van der Waals surface area contributed by atoms with Crippen molar-refractivity contribution in [3.05, 3.63) is 59.7 Å². The van der Waals surface area contributed by atoms with Gasteiger partial charge in [-0.15, -0.1) is 0 Å². The van der Waals surface area contributed by atoms with E-state index >= 15 is 0 Å². The summed E-state index contributed by atoms with van der Waals surface area (Å²) >= 11 is 0. The summed E-state index contributed by atoms with van der Waals surface area (Å²) in [6.45, 7) is 1.98. The van der Waals surface area contributed by atoms with Gasteiger partial charge in [0.05, 0.1) is 6.61 Å². The van der Waals surface area contributed by atoms with E-state index in [1.165, 1.54) is 24.9 Å². The lowest BCUT2D eigenvalue weighted by Crippen LogP contribution is -2.26. The molecule has 0 amide bonds. The molecule has 128 valence electrons. The third-order valence-electron chi connectivity index (χ3n) is 5.01. The van der Waals surface area contributed by atoms with Crippen molar-refractivity contribution in [2.45, 2.75) is 38.1 Å². The minimum absolute atomic E-state index is 0.375. The molecule has 1 heterocycles. The van der Waals surface area contributed by atoms with Gasteiger partial charge in [0.15, 0.2) is 0 Å². The van der Waals surface area contributed by atoms with Crippen LogP contribution in [0.1, 0.15) is 30.4 Å². The van der Waals surface area contributed by atoms with Crippen LogP contribution in [0.5, 0.6) is 11.5 Å². The molecule has 0 spiro atoms. The third kappa shape index (κ3) is 4.30. The zero-order valence-corrected chi connectivity index (χ0v) is 14.4. The molecule has 2 aromatic rings. The normalized spacial score (nSPS) is 18.0. The Bertz CT molecular complexity index is 656. The fraction of sp³-hybridized carbons (Fsp3) is 0.429. The maximum atomic E-state index is 9.91. The average molecular weight is 325 g/mol. The van der Waals surface area contributed by atoms with Crippen LogP contribution in [0.4, 0.5) is 0 Å². The highest BCUT2D eigenvalue weighted by molar-refractivity contribution is 5.36. The molecule has 3 heteroatoms. The lowest BCUT2D eigenvalue weighted by Gasteiger charge is -2.20. The molecule has 0 aromatic heterocycles. The number of phenols is 1. The second-order valence-corrected chi connectivity index (χ2v) is 6.65. The van der Waals surface area contributed by atoms with Crippen LogP contribution in [0.15, 0.2) is 48.5 Å². The van der Waals surface area contributed by atoms with E-state index in [1.54, 1.807) is 6.07 Å². The fourth-order valence-corrected chi connectivity index (χ4v) is 3.49. The van der Waals surface area contributed by atoms with Crippen molar-refractivity contribution in [3.63, 3.8) is 0 Å². The van der Waals surface area contributed by atoms with Crippen LogP contribution >= 0.6 is 0 Å². The largest absolute Gasteiger partial charge is 0.508 e. The number of para-hydroxylation sites is 2. The molecule has 1 aliphatic rings. The smallest absolute Gasteiger partial charge is 0.122 e. The second kappa shape index (κ2) is 8.20. The minimum Gasteiger partial charge on any atom is -0.508 e. The lowest BCUT2D eigenvalue weighted by atomic mass is 10.0. The molecule has 1 atom stereocenters. The Hall–Kier alpha value is -2.00. The molecule has 1 aliphatic heterocycles. The summed E-state index contributed by atoms with van der Waals surface area (Å²) in [5.41, 5.74) is 2.19. The Morgan fingerprint density at radius 3 is 2.50 bits per heavy atom. The number of likely N-dealkylation sites (tertiary alicyclic amines) is 1. The number of aromatic hydroxyl groups is 1. The molecule has 0 aliphatic carbocycles. The number of nitrogens with zero attached hydrogens (tertiary/aromatic N) is 1. The zero-order chi connectivity index (χ0) is 16.8. The first-order chi connectivity index (χ1) is 11.7. The van der Waals surface area contributed by atoms with Crippen molar-refractivity contribution in [2.24, 2.45) is 0 Å². The summed E-state index contributed by atoms with van der Waals surface area (Å²) in [5.74, 6) is 1.36. The minimum atomic E-state index is 0.375. The Balaban J connectivity index is 1.55. The first-order valence-corrected chi connectivity index (χ1v) is 8.92. The molecule has 24 heavy (non-hydrogen) atoms. The molecule has 0 bridgehead atoms. The molecule has 1 fully saturated rings. The molecular formula is C21H27NO2. The van der Waals surface area contributed by atoms with Crippen LogP contribution < -0.4 is 4.74 Å². The van der Waals surface area contributed by atoms with Crippen LogP contribution in [-0.2, 0) is 12.8 Å². The van der Waals surface area contributed by atoms with Gasteiger partial charge in [0.25, 0.3) is 0 Å². The summed E-state index contributed by atoms with van der Waals surface area (Å²) in [4.78, 5) is 2.44. The SMILES string of the molecule is CN1CCCC1CCOc1ccccc1CCc1ccccc1O. The maximum Gasteiger partial charge on any atom is 0.122 e. The monoisotopic (exact) mass is 325 g/mol. The van der Waals surface area contributed by atoms with Crippen molar-refractivity contribution in [1.82, 2.24) is 4.90 Å². The van der Waals surface area contributed by atoms with E-state index in [4.69, 9.17) is 4.74 Å². The van der Waals surface area contributed by atoms with E-state index in [-0.39, 0.29) is 0 Å². The quantitative estimate of drug-likeness (QED) is 0.834. The zero-order valence-electron chi connectivity index (χ0n) is 14.4. The van der Waals surface area contributed by atoms with Crippen molar-refractivity contribution >= 4 is 0 Å². The van der Waals surface area contributed by atoms with Crippen molar-refractivity contribution in [3.8, 4) is 11.5 Å². The maximum absolute atomic E-state index is 9.91. The Morgan fingerprint density at radius 2 is 1.75 bits per heavy atom. The molecule has 1 saturated heterocycles. The standard InChI is InChI=1S/C21H27NO2/c1-22-15-6-9-19(22)14-16-24-21-11-5-3-8-18(21)13-12-17-7-2-4-10-20(17)23/h2-5,7-8,10-11,19,23H,6,9,12-16H2,1H3. The summed E-state index contributed by atoms with van der Waals surface area (Å²) in [7, 11) is 2.21. The predicted molar refractivity (Wildman–Crippen MR) is 97.7 cm³/mol. The molecule has 1 N–H and O–H groups in total. The van der Waals surface area contributed by atoms with E-state index in [2.05, 4.69) is 30.1 Å². The Morgan fingerprint density at radius 1 is 1.04 bits per heavy atom. The molecule has 0 radical (unpaired) electrons. The van der Waals surface area contributed by atoms with Gasteiger partial charge in [-0.3, -0.25) is 0 Å². The van der Waals surface area contributed by atoms with Gasteiger partial charge < -0.3 is 14.7 Å². The van der Waals surface area contributed by atoms with Crippen LogP contribution in [0.2, 0.25) is 0 Å². The highest BCUT2D eigenvalue weighted by Gasteiger charge is 2.20. The first-order valence-electron chi connectivity index (χ1n) is 8.92. The number of hydrogen-bond acceptors (Lipinski definition) is 3. The van der Waals surface area contributed by atoms with Crippen molar-refractivity contribution < 1.29 is 9.84 Å². The van der Waals surface area contributed by atoms with Gasteiger partial charge in [-0.1, -0.05) is 36.4 Å². The van der Waals surface area contributed by atoms with Gasteiger partial charge in [-0.05, 0) is 69.0 Å². The van der Waals surface area contributed by atoms with Gasteiger partial charge in [-0.25, -0.2) is 0 Å². The highest BCUT2D eigenvalue weighted by Crippen LogP contribution is 2.24. The number of hydrogen-bond donors (Lipinski definition) is 1. The number of ether oxygens (including phenoxy) is 1. The van der Waals surface area contributed by atoms with E-state index in [9.17, 15) is 5.11 Å². The summed E-state index contributed by atoms with van der Waals surface area (Å²) in [6.07, 6.45) is 5.37. The molecule has 0 saturated carbocycles. The van der Waals surface area contributed by atoms with Crippen LogP contribution in [0.3, 0.4) is 0 Å². The number of benzene rings is 2. The third-order valence-corrected chi connectivity index (χ3v) is 5.01. The predicted octanol–water partition coefficient (Wildman–Crippen LogP) is 4.04. The highest BCUT2D eigenvalue weighted by atomic mass is 16.5. The molecule has 1 unspecified atom stereocenters. The van der Waals surface area contributed by atoms with E-state index in [1.807, 2.05) is 24.3 Å². The molecule has 3 nitrogen and oxygen atoms in total. The number of aryl methyl sites for hydroxylation is 2. The summed E-state index contributed by atoms with van der Waals surface area (Å²) in [5, 5.41) is 9.91. The van der Waals surface area contributed by atoms with E-state index in [0.29, 0.717) is 11.8 Å². The first kappa shape index (κ1) is 16.8. The summed E-state index contributed by atoms with van der Waals surface area (Å²) < 4.78 is 6.08. The second-order valence-electron chi connectivity index (χ2n) is 6.65. The molecule has 3 rings (SSSR count). The van der Waals surface area contributed by atoms with E-state index < -0.39 is 0 Å². The van der Waals surface area contributed by atoms with Gasteiger partial charge in [0.2, 0.25) is 0 Å². The van der Waals surface area contributed by atoms with Gasteiger partial charge in [-0.2, -0.15) is 0 Å². The van der Waals surface area contributed by atoms with Crippen LogP contribution in [0.25, 0.3) is 0 Å². The number of rotatable bonds is 7. The average Bonchev–Trinajstić information content (AvgIpc) is 3.00. The van der Waals surface area contributed by atoms with Crippen LogP contribution in [0, 0.1) is 0 Å². The lowest BCUT2D eigenvalue weighted by molar-refractivity contribution is 0.232. The van der Waals surface area contributed by atoms with Crippen LogP contribution in [-0.4, -0.2) is 36.2 Å². The molecule has 2 aromatic carbocycles. The summed E-state index contributed by atoms with van der Waals surface area (Å²) in [6, 6.07) is 16.5. The Kier molecular flexibility index (Phi) is 5.76. The Labute approximate surface area is 144 Å².